The van der Waals surface area contributed by atoms with Gasteiger partial charge in [0.25, 0.3) is 0 Å². The van der Waals surface area contributed by atoms with E-state index in [1.165, 1.54) is 11.1 Å². The number of nitrogens with zero attached hydrogens (tertiary/aromatic N) is 3. The first-order chi connectivity index (χ1) is 10.7. The van der Waals surface area contributed by atoms with Crippen molar-refractivity contribution >= 4 is 11.3 Å². The van der Waals surface area contributed by atoms with Crippen molar-refractivity contribution in [1.82, 2.24) is 14.0 Å². The van der Waals surface area contributed by atoms with Crippen LogP contribution in [0.25, 0.3) is 5.52 Å². The molecular weight excluding hydrogens is 274 g/mol. The summed E-state index contributed by atoms with van der Waals surface area (Å²) in [6, 6.07) is 6.12. The van der Waals surface area contributed by atoms with Gasteiger partial charge in [0.05, 0.1) is 5.69 Å². The fraction of sp³-hybridized carbons (Fsp3) is 0.333. The summed E-state index contributed by atoms with van der Waals surface area (Å²) < 4.78 is 4.15. The SMILES string of the molecule is Cc1c2c(n3ccccc13)C(=O)C(Cn1ccnc1C)CC2. The lowest BCUT2D eigenvalue weighted by Crippen LogP contribution is -2.27. The van der Waals surface area contributed by atoms with Gasteiger partial charge in [-0.25, -0.2) is 4.98 Å². The van der Waals surface area contributed by atoms with E-state index >= 15 is 0 Å². The molecule has 3 aromatic rings. The van der Waals surface area contributed by atoms with Crippen molar-refractivity contribution in [2.75, 3.05) is 0 Å². The van der Waals surface area contributed by atoms with Crippen molar-refractivity contribution in [3.8, 4) is 0 Å². The van der Waals surface area contributed by atoms with E-state index in [0.29, 0.717) is 0 Å². The Morgan fingerprint density at radius 3 is 2.91 bits per heavy atom. The van der Waals surface area contributed by atoms with E-state index in [4.69, 9.17) is 0 Å². The van der Waals surface area contributed by atoms with Gasteiger partial charge in [0, 0.05) is 36.6 Å². The van der Waals surface area contributed by atoms with Gasteiger partial charge in [0.2, 0.25) is 0 Å². The zero-order chi connectivity index (χ0) is 15.3. The maximum atomic E-state index is 13.0. The Morgan fingerprint density at radius 2 is 2.14 bits per heavy atom. The van der Waals surface area contributed by atoms with E-state index in [-0.39, 0.29) is 11.7 Å². The van der Waals surface area contributed by atoms with Crippen LogP contribution in [0.1, 0.15) is 33.9 Å². The number of carbonyl (C=O) groups excluding carboxylic acids is 1. The molecule has 4 heteroatoms. The first kappa shape index (κ1) is 13.3. The fourth-order valence-electron chi connectivity index (χ4n) is 3.65. The second-order valence-electron chi connectivity index (χ2n) is 6.13. The van der Waals surface area contributed by atoms with Gasteiger partial charge in [0.15, 0.2) is 5.78 Å². The molecule has 0 amide bonds. The van der Waals surface area contributed by atoms with Crippen LogP contribution in [0.2, 0.25) is 0 Å². The third-order valence-corrected chi connectivity index (χ3v) is 4.91. The number of carbonyl (C=O) groups is 1. The topological polar surface area (TPSA) is 39.3 Å². The van der Waals surface area contributed by atoms with Crippen LogP contribution in [0.4, 0.5) is 0 Å². The number of hydrogen-bond acceptors (Lipinski definition) is 2. The number of hydrogen-bond donors (Lipinski definition) is 0. The van der Waals surface area contributed by atoms with E-state index in [1.807, 2.05) is 31.5 Å². The van der Waals surface area contributed by atoms with Gasteiger partial charge in [-0.1, -0.05) is 6.07 Å². The first-order valence-corrected chi connectivity index (χ1v) is 7.77. The Kier molecular flexibility index (Phi) is 2.93. The normalized spacial score (nSPS) is 17.9. The summed E-state index contributed by atoms with van der Waals surface area (Å²) in [6.45, 7) is 4.83. The van der Waals surface area contributed by atoms with Crippen molar-refractivity contribution in [1.29, 1.82) is 0 Å². The Morgan fingerprint density at radius 1 is 1.27 bits per heavy atom. The van der Waals surface area contributed by atoms with Crippen molar-refractivity contribution in [2.45, 2.75) is 33.2 Å². The standard InChI is InChI=1S/C18H19N3O/c1-12-15-7-6-14(11-20-10-8-19-13(20)2)18(22)17(15)21-9-4-3-5-16(12)21/h3-5,8-10,14H,6-7,11H2,1-2H3. The third-order valence-electron chi connectivity index (χ3n) is 4.91. The average molecular weight is 293 g/mol. The summed E-state index contributed by atoms with van der Waals surface area (Å²) in [5.74, 6) is 1.27. The molecule has 1 aliphatic carbocycles. The Bertz CT molecular complexity index is 872. The number of fused-ring (bicyclic) bond motifs is 3. The van der Waals surface area contributed by atoms with Gasteiger partial charge in [0.1, 0.15) is 5.82 Å². The average Bonchev–Trinajstić information content (AvgIpc) is 3.05. The second-order valence-corrected chi connectivity index (χ2v) is 6.13. The van der Waals surface area contributed by atoms with Gasteiger partial charge in [-0.3, -0.25) is 4.79 Å². The highest BCUT2D eigenvalue weighted by Crippen LogP contribution is 2.32. The zero-order valence-corrected chi connectivity index (χ0v) is 12.9. The van der Waals surface area contributed by atoms with E-state index in [2.05, 4.69) is 26.9 Å². The molecule has 1 unspecified atom stereocenters. The van der Waals surface area contributed by atoms with Gasteiger partial charge in [-0.15, -0.1) is 0 Å². The van der Waals surface area contributed by atoms with Crippen molar-refractivity contribution < 1.29 is 4.79 Å². The lowest BCUT2D eigenvalue weighted by molar-refractivity contribution is 0.0880. The monoisotopic (exact) mass is 293 g/mol. The number of ketones is 1. The van der Waals surface area contributed by atoms with E-state index in [9.17, 15) is 4.79 Å². The quantitative estimate of drug-likeness (QED) is 0.728. The van der Waals surface area contributed by atoms with Crippen LogP contribution in [0.3, 0.4) is 0 Å². The molecule has 0 saturated carbocycles. The summed E-state index contributed by atoms with van der Waals surface area (Å²) in [6.07, 6.45) is 7.66. The van der Waals surface area contributed by atoms with Crippen LogP contribution in [-0.2, 0) is 13.0 Å². The molecule has 0 saturated heterocycles. The molecule has 22 heavy (non-hydrogen) atoms. The molecule has 0 bridgehead atoms. The molecule has 0 spiro atoms. The van der Waals surface area contributed by atoms with E-state index < -0.39 is 0 Å². The minimum atomic E-state index is 0.0399. The summed E-state index contributed by atoms with van der Waals surface area (Å²) in [5, 5.41) is 0. The van der Waals surface area contributed by atoms with Crippen molar-refractivity contribution in [2.24, 2.45) is 5.92 Å². The molecule has 0 fully saturated rings. The zero-order valence-electron chi connectivity index (χ0n) is 12.9. The molecule has 0 radical (unpaired) electrons. The van der Waals surface area contributed by atoms with E-state index in [0.717, 1.165) is 36.4 Å². The smallest absolute Gasteiger partial charge is 0.184 e. The molecule has 0 aliphatic heterocycles. The van der Waals surface area contributed by atoms with Crippen LogP contribution >= 0.6 is 0 Å². The van der Waals surface area contributed by atoms with Crippen LogP contribution in [0.15, 0.2) is 36.8 Å². The minimum absolute atomic E-state index is 0.0399. The van der Waals surface area contributed by atoms with Gasteiger partial charge in [-0.2, -0.15) is 0 Å². The third kappa shape index (κ3) is 1.83. The highest BCUT2D eigenvalue weighted by Gasteiger charge is 2.32. The predicted octanol–water partition coefficient (Wildman–Crippen LogP) is 3.20. The number of pyridine rings is 1. The van der Waals surface area contributed by atoms with Crippen LogP contribution < -0.4 is 0 Å². The fourth-order valence-corrected chi connectivity index (χ4v) is 3.65. The van der Waals surface area contributed by atoms with Crippen molar-refractivity contribution in [3.63, 3.8) is 0 Å². The van der Waals surface area contributed by atoms with Gasteiger partial charge >= 0.3 is 0 Å². The van der Waals surface area contributed by atoms with Crippen LogP contribution in [0, 0.1) is 19.8 Å². The molecule has 3 heterocycles. The number of Topliss-reactive ketones (excluding diaryl/α,β-unsaturated/α-hetero) is 1. The molecular formula is C18H19N3O. The number of aromatic nitrogens is 3. The maximum absolute atomic E-state index is 13.0. The predicted molar refractivity (Wildman–Crippen MR) is 85.2 cm³/mol. The number of rotatable bonds is 2. The van der Waals surface area contributed by atoms with Crippen LogP contribution in [0.5, 0.6) is 0 Å². The van der Waals surface area contributed by atoms with E-state index in [1.54, 1.807) is 6.20 Å². The summed E-state index contributed by atoms with van der Waals surface area (Å²) in [7, 11) is 0. The first-order valence-electron chi connectivity index (χ1n) is 7.77. The summed E-state index contributed by atoms with van der Waals surface area (Å²) >= 11 is 0. The highest BCUT2D eigenvalue weighted by atomic mass is 16.1. The molecule has 0 N–H and O–H groups in total. The Labute approximate surface area is 129 Å². The minimum Gasteiger partial charge on any atom is -0.334 e. The molecule has 4 nitrogen and oxygen atoms in total. The lowest BCUT2D eigenvalue weighted by Gasteiger charge is -2.22. The van der Waals surface area contributed by atoms with Crippen molar-refractivity contribution in [3.05, 3.63) is 59.4 Å². The number of imidazole rings is 1. The number of aryl methyl sites for hydroxylation is 2. The highest BCUT2D eigenvalue weighted by molar-refractivity contribution is 6.00. The largest absolute Gasteiger partial charge is 0.334 e. The van der Waals surface area contributed by atoms with Gasteiger partial charge in [-0.05, 0) is 49.9 Å². The molecule has 112 valence electrons. The maximum Gasteiger partial charge on any atom is 0.184 e. The van der Waals surface area contributed by atoms with Gasteiger partial charge < -0.3 is 8.97 Å². The Hall–Kier alpha value is -2.36. The second kappa shape index (κ2) is 4.83. The molecule has 4 rings (SSSR count). The lowest BCUT2D eigenvalue weighted by atomic mass is 9.85. The van der Waals surface area contributed by atoms with Crippen LogP contribution in [-0.4, -0.2) is 19.7 Å². The molecule has 1 aliphatic rings. The molecule has 1 atom stereocenters. The molecule has 0 aromatic carbocycles. The Balaban J connectivity index is 1.77. The molecule has 3 aromatic heterocycles. The summed E-state index contributed by atoms with van der Waals surface area (Å²) in [5.41, 5.74) is 4.53. The summed E-state index contributed by atoms with van der Waals surface area (Å²) in [4.78, 5) is 17.3.